The molecule has 0 bridgehead atoms. The van der Waals surface area contributed by atoms with Gasteiger partial charge in [0.1, 0.15) is 0 Å². The highest BCUT2D eigenvalue weighted by atomic mass is 79.9. The number of rotatable bonds is 1. The molecule has 0 radical (unpaired) electrons. The molecule has 0 amide bonds. The van der Waals surface area contributed by atoms with Crippen LogP contribution in [0.1, 0.15) is 0 Å². The SMILES string of the molecule is Brc1ccnc(-n2cccc2)c1Br. The summed E-state index contributed by atoms with van der Waals surface area (Å²) in [6.45, 7) is 0. The van der Waals surface area contributed by atoms with E-state index < -0.39 is 0 Å². The van der Waals surface area contributed by atoms with Gasteiger partial charge >= 0.3 is 0 Å². The summed E-state index contributed by atoms with van der Waals surface area (Å²) in [5.41, 5.74) is 0. The molecule has 2 aromatic heterocycles. The van der Waals surface area contributed by atoms with Crippen LogP contribution in [0.2, 0.25) is 0 Å². The molecule has 0 N–H and O–H groups in total. The van der Waals surface area contributed by atoms with Crippen molar-refractivity contribution < 1.29 is 0 Å². The number of hydrogen-bond donors (Lipinski definition) is 0. The molecule has 4 heteroatoms. The normalized spacial score (nSPS) is 10.3. The molecule has 2 nitrogen and oxygen atoms in total. The first-order chi connectivity index (χ1) is 6.29. The van der Waals surface area contributed by atoms with Gasteiger partial charge in [0.05, 0.1) is 4.47 Å². The summed E-state index contributed by atoms with van der Waals surface area (Å²) in [6, 6.07) is 5.83. The summed E-state index contributed by atoms with van der Waals surface area (Å²) in [6.07, 6.45) is 5.68. The molecular weight excluding hydrogens is 296 g/mol. The van der Waals surface area contributed by atoms with Crippen LogP contribution in [-0.2, 0) is 0 Å². The molecule has 0 aliphatic heterocycles. The van der Waals surface area contributed by atoms with Crippen molar-refractivity contribution in [2.75, 3.05) is 0 Å². The number of hydrogen-bond acceptors (Lipinski definition) is 1. The van der Waals surface area contributed by atoms with Crippen LogP contribution in [0.15, 0.2) is 45.7 Å². The topological polar surface area (TPSA) is 17.8 Å². The van der Waals surface area contributed by atoms with Crippen LogP contribution in [0.5, 0.6) is 0 Å². The molecule has 0 aromatic carbocycles. The Morgan fingerprint density at radius 2 is 1.85 bits per heavy atom. The summed E-state index contributed by atoms with van der Waals surface area (Å²) in [5.74, 6) is 0.888. The van der Waals surface area contributed by atoms with E-state index in [1.807, 2.05) is 35.2 Å². The highest BCUT2D eigenvalue weighted by molar-refractivity contribution is 9.13. The Balaban J connectivity index is 2.59. The highest BCUT2D eigenvalue weighted by Gasteiger charge is 2.05. The van der Waals surface area contributed by atoms with E-state index in [-0.39, 0.29) is 0 Å². The van der Waals surface area contributed by atoms with E-state index >= 15 is 0 Å². The molecule has 0 saturated carbocycles. The van der Waals surface area contributed by atoms with Crippen molar-refractivity contribution in [3.05, 3.63) is 45.7 Å². The van der Waals surface area contributed by atoms with Gasteiger partial charge in [-0.05, 0) is 50.1 Å². The van der Waals surface area contributed by atoms with E-state index in [9.17, 15) is 0 Å². The van der Waals surface area contributed by atoms with E-state index in [1.165, 1.54) is 0 Å². The summed E-state index contributed by atoms with van der Waals surface area (Å²) in [5, 5.41) is 0. The van der Waals surface area contributed by atoms with Gasteiger partial charge in [0, 0.05) is 23.1 Å². The van der Waals surface area contributed by atoms with Crippen LogP contribution in [0.25, 0.3) is 5.82 Å². The van der Waals surface area contributed by atoms with Gasteiger partial charge in [0.25, 0.3) is 0 Å². The minimum absolute atomic E-state index is 0.888. The van der Waals surface area contributed by atoms with Crippen LogP contribution < -0.4 is 0 Å². The zero-order valence-electron chi connectivity index (χ0n) is 6.61. The first kappa shape index (κ1) is 8.97. The third-order valence-electron chi connectivity index (χ3n) is 1.67. The Bertz CT molecular complexity index is 410. The molecule has 0 aliphatic carbocycles. The Morgan fingerprint density at radius 3 is 2.54 bits per heavy atom. The van der Waals surface area contributed by atoms with Gasteiger partial charge in [-0.2, -0.15) is 0 Å². The third-order valence-corrected chi connectivity index (χ3v) is 3.65. The second-order valence-corrected chi connectivity index (χ2v) is 4.17. The van der Waals surface area contributed by atoms with Gasteiger partial charge in [-0.3, -0.25) is 0 Å². The average molecular weight is 302 g/mol. The second kappa shape index (κ2) is 3.64. The lowest BCUT2D eigenvalue weighted by Gasteiger charge is -2.05. The van der Waals surface area contributed by atoms with E-state index in [2.05, 4.69) is 36.8 Å². The molecule has 2 aromatic rings. The van der Waals surface area contributed by atoms with Crippen molar-refractivity contribution >= 4 is 31.9 Å². The zero-order valence-corrected chi connectivity index (χ0v) is 9.79. The zero-order chi connectivity index (χ0) is 9.26. The summed E-state index contributed by atoms with van der Waals surface area (Å²) in [7, 11) is 0. The smallest absolute Gasteiger partial charge is 0.152 e. The van der Waals surface area contributed by atoms with Crippen molar-refractivity contribution in [3.63, 3.8) is 0 Å². The number of nitrogens with zero attached hydrogens (tertiary/aromatic N) is 2. The van der Waals surface area contributed by atoms with E-state index in [1.54, 1.807) is 6.20 Å². The van der Waals surface area contributed by atoms with Gasteiger partial charge in [-0.15, -0.1) is 0 Å². The molecule has 66 valence electrons. The lowest BCUT2D eigenvalue weighted by Crippen LogP contribution is -1.95. The van der Waals surface area contributed by atoms with Crippen LogP contribution in [0, 0.1) is 0 Å². The standard InChI is InChI=1S/C9H6Br2N2/c10-7-3-4-12-9(8(7)11)13-5-1-2-6-13/h1-6H. The van der Waals surface area contributed by atoms with Crippen LogP contribution in [-0.4, -0.2) is 9.55 Å². The van der Waals surface area contributed by atoms with Crippen LogP contribution in [0.4, 0.5) is 0 Å². The fourth-order valence-corrected chi connectivity index (χ4v) is 1.80. The number of pyridine rings is 1. The lowest BCUT2D eigenvalue weighted by atomic mass is 10.4. The Labute approximate surface area is 92.9 Å². The predicted molar refractivity (Wildman–Crippen MR) is 59.0 cm³/mol. The minimum Gasteiger partial charge on any atom is -0.308 e. The van der Waals surface area contributed by atoms with Crippen molar-refractivity contribution in [2.45, 2.75) is 0 Å². The Hall–Kier alpha value is -0.610. The van der Waals surface area contributed by atoms with Gasteiger partial charge in [0.15, 0.2) is 5.82 Å². The van der Waals surface area contributed by atoms with E-state index in [4.69, 9.17) is 0 Å². The Kier molecular flexibility index (Phi) is 2.51. The van der Waals surface area contributed by atoms with Crippen molar-refractivity contribution in [1.82, 2.24) is 9.55 Å². The highest BCUT2D eigenvalue weighted by Crippen LogP contribution is 2.27. The molecule has 0 aliphatic rings. The van der Waals surface area contributed by atoms with Gasteiger partial charge in [0.2, 0.25) is 0 Å². The fourth-order valence-electron chi connectivity index (χ4n) is 1.07. The molecule has 13 heavy (non-hydrogen) atoms. The van der Waals surface area contributed by atoms with Crippen LogP contribution >= 0.6 is 31.9 Å². The second-order valence-electron chi connectivity index (χ2n) is 2.52. The van der Waals surface area contributed by atoms with Gasteiger partial charge in [-0.25, -0.2) is 4.98 Å². The van der Waals surface area contributed by atoms with Crippen molar-refractivity contribution in [3.8, 4) is 5.82 Å². The monoisotopic (exact) mass is 300 g/mol. The average Bonchev–Trinajstić information content (AvgIpc) is 2.62. The molecule has 2 rings (SSSR count). The molecule has 0 fully saturated rings. The fraction of sp³-hybridized carbons (Fsp3) is 0. The minimum atomic E-state index is 0.888. The van der Waals surface area contributed by atoms with Gasteiger partial charge < -0.3 is 4.57 Å². The van der Waals surface area contributed by atoms with Crippen molar-refractivity contribution in [1.29, 1.82) is 0 Å². The largest absolute Gasteiger partial charge is 0.308 e. The maximum absolute atomic E-state index is 4.27. The van der Waals surface area contributed by atoms with E-state index in [0.29, 0.717) is 0 Å². The number of halogens is 2. The Morgan fingerprint density at radius 1 is 1.15 bits per heavy atom. The van der Waals surface area contributed by atoms with Crippen LogP contribution in [0.3, 0.4) is 0 Å². The molecule has 0 atom stereocenters. The molecule has 2 heterocycles. The maximum atomic E-state index is 4.27. The molecule has 0 spiro atoms. The summed E-state index contributed by atoms with van der Waals surface area (Å²) >= 11 is 6.90. The molecular formula is C9H6Br2N2. The first-order valence-corrected chi connectivity index (χ1v) is 5.31. The number of aromatic nitrogens is 2. The van der Waals surface area contributed by atoms with Crippen molar-refractivity contribution in [2.24, 2.45) is 0 Å². The lowest BCUT2D eigenvalue weighted by molar-refractivity contribution is 0.995. The summed E-state index contributed by atoms with van der Waals surface area (Å²) in [4.78, 5) is 4.27. The summed E-state index contributed by atoms with van der Waals surface area (Å²) < 4.78 is 3.92. The van der Waals surface area contributed by atoms with Gasteiger partial charge in [-0.1, -0.05) is 0 Å². The predicted octanol–water partition coefficient (Wildman–Crippen LogP) is 3.40. The first-order valence-electron chi connectivity index (χ1n) is 3.72. The molecule has 0 unspecified atom stereocenters. The van der Waals surface area contributed by atoms with E-state index in [0.717, 1.165) is 14.8 Å². The molecule has 0 saturated heterocycles. The maximum Gasteiger partial charge on any atom is 0.152 e. The quantitative estimate of drug-likeness (QED) is 0.789. The third kappa shape index (κ3) is 1.69.